The molecule has 0 saturated carbocycles. The Hall–Kier alpha value is -1.35. The zero-order valence-corrected chi connectivity index (χ0v) is 9.69. The number of methoxy groups -OCH3 is 1. The van der Waals surface area contributed by atoms with Crippen LogP contribution in [0.2, 0.25) is 0 Å². The van der Waals surface area contributed by atoms with Crippen LogP contribution in [0.25, 0.3) is 0 Å². The van der Waals surface area contributed by atoms with Crippen molar-refractivity contribution < 1.29 is 9.53 Å². The summed E-state index contributed by atoms with van der Waals surface area (Å²) in [7, 11) is 1.44. The predicted molar refractivity (Wildman–Crippen MR) is 62.2 cm³/mol. The summed E-state index contributed by atoms with van der Waals surface area (Å²) < 4.78 is 4.82. The number of carbonyl (C=O) groups excluding carboxylic acids is 1. The van der Waals surface area contributed by atoms with E-state index in [1.165, 1.54) is 12.7 Å². The second-order valence-corrected chi connectivity index (χ2v) is 4.52. The summed E-state index contributed by atoms with van der Waals surface area (Å²) in [4.78, 5) is 11.6. The SMILES string of the molecule is COC(=O)[C@]1(C)C[C@@H](c2ccccc2)CN1. The Morgan fingerprint density at radius 3 is 2.75 bits per heavy atom. The molecular weight excluding hydrogens is 202 g/mol. The molecule has 2 atom stereocenters. The lowest BCUT2D eigenvalue weighted by atomic mass is 9.90. The predicted octanol–water partition coefficient (Wildman–Crippen LogP) is 1.70. The molecule has 0 unspecified atom stereocenters. The van der Waals surface area contributed by atoms with Gasteiger partial charge in [0.05, 0.1) is 7.11 Å². The van der Waals surface area contributed by atoms with Crippen molar-refractivity contribution in [3.8, 4) is 0 Å². The van der Waals surface area contributed by atoms with E-state index in [0.717, 1.165) is 13.0 Å². The van der Waals surface area contributed by atoms with E-state index in [4.69, 9.17) is 4.74 Å². The lowest BCUT2D eigenvalue weighted by molar-refractivity contribution is -0.147. The van der Waals surface area contributed by atoms with Crippen molar-refractivity contribution in [1.29, 1.82) is 0 Å². The van der Waals surface area contributed by atoms with Crippen molar-refractivity contribution >= 4 is 5.97 Å². The summed E-state index contributed by atoms with van der Waals surface area (Å²) in [5.41, 5.74) is 0.748. The van der Waals surface area contributed by atoms with Crippen LogP contribution < -0.4 is 5.32 Å². The number of ether oxygens (including phenoxy) is 1. The van der Waals surface area contributed by atoms with Gasteiger partial charge in [0.15, 0.2) is 0 Å². The van der Waals surface area contributed by atoms with Gasteiger partial charge in [0, 0.05) is 6.54 Å². The molecule has 0 aromatic heterocycles. The molecule has 86 valence electrons. The lowest BCUT2D eigenvalue weighted by Crippen LogP contribution is -2.45. The molecule has 3 nitrogen and oxygen atoms in total. The van der Waals surface area contributed by atoms with Crippen LogP contribution in [0, 0.1) is 0 Å². The number of carbonyl (C=O) groups is 1. The molecule has 2 rings (SSSR count). The fourth-order valence-electron chi connectivity index (χ4n) is 2.33. The smallest absolute Gasteiger partial charge is 0.325 e. The molecule has 16 heavy (non-hydrogen) atoms. The third-order valence-electron chi connectivity index (χ3n) is 3.30. The van der Waals surface area contributed by atoms with Gasteiger partial charge in [-0.25, -0.2) is 0 Å². The highest BCUT2D eigenvalue weighted by molar-refractivity contribution is 5.80. The van der Waals surface area contributed by atoms with Crippen LogP contribution in [0.5, 0.6) is 0 Å². The summed E-state index contributed by atoms with van der Waals surface area (Å²) in [6, 6.07) is 10.3. The molecule has 1 aromatic carbocycles. The van der Waals surface area contributed by atoms with Crippen LogP contribution in [-0.2, 0) is 9.53 Å². The summed E-state index contributed by atoms with van der Waals surface area (Å²) in [5.74, 6) is 0.219. The minimum Gasteiger partial charge on any atom is -0.468 e. The van der Waals surface area contributed by atoms with Gasteiger partial charge >= 0.3 is 5.97 Å². The van der Waals surface area contributed by atoms with Crippen molar-refractivity contribution in [2.75, 3.05) is 13.7 Å². The van der Waals surface area contributed by atoms with Crippen LogP contribution in [0.4, 0.5) is 0 Å². The quantitative estimate of drug-likeness (QED) is 0.769. The first-order valence-corrected chi connectivity index (χ1v) is 5.54. The monoisotopic (exact) mass is 219 g/mol. The minimum atomic E-state index is -0.532. The molecule has 1 fully saturated rings. The van der Waals surface area contributed by atoms with Crippen LogP contribution in [0.1, 0.15) is 24.8 Å². The highest BCUT2D eigenvalue weighted by Gasteiger charge is 2.42. The van der Waals surface area contributed by atoms with Gasteiger partial charge in [0.25, 0.3) is 0 Å². The largest absolute Gasteiger partial charge is 0.468 e. The Balaban J connectivity index is 2.12. The fourth-order valence-corrected chi connectivity index (χ4v) is 2.33. The van der Waals surface area contributed by atoms with Crippen LogP contribution >= 0.6 is 0 Å². The van der Waals surface area contributed by atoms with Crippen LogP contribution in [-0.4, -0.2) is 25.2 Å². The second kappa shape index (κ2) is 4.26. The molecule has 0 spiro atoms. The number of nitrogens with one attached hydrogen (secondary N) is 1. The van der Waals surface area contributed by atoms with Gasteiger partial charge in [-0.3, -0.25) is 4.79 Å². The Morgan fingerprint density at radius 2 is 2.12 bits per heavy atom. The molecule has 1 aliphatic heterocycles. The van der Waals surface area contributed by atoms with E-state index in [0.29, 0.717) is 5.92 Å². The van der Waals surface area contributed by atoms with E-state index in [9.17, 15) is 4.79 Å². The van der Waals surface area contributed by atoms with Crippen molar-refractivity contribution in [1.82, 2.24) is 5.32 Å². The fraction of sp³-hybridized carbons (Fsp3) is 0.462. The summed E-state index contributed by atoms with van der Waals surface area (Å²) >= 11 is 0. The zero-order chi connectivity index (χ0) is 11.6. The van der Waals surface area contributed by atoms with Crippen molar-refractivity contribution in [2.45, 2.75) is 24.8 Å². The molecule has 1 N–H and O–H groups in total. The van der Waals surface area contributed by atoms with E-state index in [2.05, 4.69) is 17.4 Å². The third kappa shape index (κ3) is 1.95. The number of hydrogen-bond donors (Lipinski definition) is 1. The Labute approximate surface area is 95.8 Å². The average Bonchev–Trinajstić information content (AvgIpc) is 2.73. The normalized spacial score (nSPS) is 29.0. The number of rotatable bonds is 2. The highest BCUT2D eigenvalue weighted by atomic mass is 16.5. The van der Waals surface area contributed by atoms with Gasteiger partial charge in [-0.1, -0.05) is 30.3 Å². The van der Waals surface area contributed by atoms with E-state index in [1.54, 1.807) is 0 Å². The standard InChI is InChI=1S/C13H17NO2/c1-13(12(15)16-2)8-11(9-14-13)10-6-4-3-5-7-10/h3-7,11,14H,8-9H2,1-2H3/t11-,13+/m1/s1. The first-order chi connectivity index (χ1) is 7.65. The van der Waals surface area contributed by atoms with Crippen LogP contribution in [0.3, 0.4) is 0 Å². The number of hydrogen-bond acceptors (Lipinski definition) is 3. The zero-order valence-electron chi connectivity index (χ0n) is 9.69. The van der Waals surface area contributed by atoms with Gasteiger partial charge in [0.1, 0.15) is 5.54 Å². The maximum atomic E-state index is 11.6. The van der Waals surface area contributed by atoms with Gasteiger partial charge < -0.3 is 10.1 Å². The van der Waals surface area contributed by atoms with Crippen molar-refractivity contribution in [2.24, 2.45) is 0 Å². The third-order valence-corrected chi connectivity index (χ3v) is 3.30. The number of esters is 1. The molecule has 1 heterocycles. The van der Waals surface area contributed by atoms with E-state index < -0.39 is 5.54 Å². The number of benzene rings is 1. The molecule has 1 saturated heterocycles. The molecule has 0 aliphatic carbocycles. The molecule has 1 aliphatic rings. The molecule has 0 radical (unpaired) electrons. The molecule has 0 bridgehead atoms. The topological polar surface area (TPSA) is 38.3 Å². The van der Waals surface area contributed by atoms with Gasteiger partial charge in [0.2, 0.25) is 0 Å². The lowest BCUT2D eigenvalue weighted by Gasteiger charge is -2.20. The van der Waals surface area contributed by atoms with E-state index in [-0.39, 0.29) is 5.97 Å². The molecule has 3 heteroatoms. The average molecular weight is 219 g/mol. The Morgan fingerprint density at radius 1 is 1.44 bits per heavy atom. The second-order valence-electron chi connectivity index (χ2n) is 4.52. The maximum absolute atomic E-state index is 11.6. The van der Waals surface area contributed by atoms with Gasteiger partial charge in [-0.15, -0.1) is 0 Å². The summed E-state index contributed by atoms with van der Waals surface area (Å²) in [6.07, 6.45) is 0.795. The van der Waals surface area contributed by atoms with E-state index >= 15 is 0 Å². The first-order valence-electron chi connectivity index (χ1n) is 5.54. The highest BCUT2D eigenvalue weighted by Crippen LogP contribution is 2.32. The van der Waals surface area contributed by atoms with E-state index in [1.807, 2.05) is 25.1 Å². The molecule has 1 aromatic rings. The minimum absolute atomic E-state index is 0.175. The van der Waals surface area contributed by atoms with Crippen molar-refractivity contribution in [3.05, 3.63) is 35.9 Å². The summed E-state index contributed by atoms with van der Waals surface area (Å²) in [6.45, 7) is 2.73. The summed E-state index contributed by atoms with van der Waals surface area (Å²) in [5, 5.41) is 3.26. The first kappa shape index (κ1) is 11.1. The van der Waals surface area contributed by atoms with Crippen molar-refractivity contribution in [3.63, 3.8) is 0 Å². The maximum Gasteiger partial charge on any atom is 0.325 e. The molecule has 0 amide bonds. The molecular formula is C13H17NO2. The van der Waals surface area contributed by atoms with Crippen LogP contribution in [0.15, 0.2) is 30.3 Å². The Bertz CT molecular complexity index is 377. The Kier molecular flexibility index (Phi) is 2.97. The van der Waals surface area contributed by atoms with Gasteiger partial charge in [-0.2, -0.15) is 0 Å². The van der Waals surface area contributed by atoms with Gasteiger partial charge in [-0.05, 0) is 24.8 Å².